The number of ether oxygens (including phenoxy) is 1. The monoisotopic (exact) mass is 449 g/mol. The van der Waals surface area contributed by atoms with E-state index >= 15 is 0 Å². The highest BCUT2D eigenvalue weighted by Gasteiger charge is 2.46. The lowest BCUT2D eigenvalue weighted by atomic mass is 9.94. The number of hydrogen-bond donors (Lipinski definition) is 1. The minimum atomic E-state index is -0.655. The van der Waals surface area contributed by atoms with Crippen LogP contribution in [0.2, 0.25) is 0 Å². The van der Waals surface area contributed by atoms with Gasteiger partial charge in [-0.05, 0) is 62.5 Å². The number of anilines is 1. The standard InChI is InChI=1S/C26H31N3O4/c1-16-14-19-15-18(8-11-21(19)33-16)24(30)22-23(17-6-9-20(10-7-17)28(4)5)29(13-12-27(2)3)26(32)25(22)31/h6-11,15-16,23,30H,12-14H2,1-5H3/t16-,23-/m1/s1. The van der Waals surface area contributed by atoms with Crippen LogP contribution in [-0.2, 0) is 16.0 Å². The fraction of sp³-hybridized carbons (Fsp3) is 0.385. The first-order chi connectivity index (χ1) is 15.7. The van der Waals surface area contributed by atoms with E-state index in [1.54, 1.807) is 11.0 Å². The summed E-state index contributed by atoms with van der Waals surface area (Å²) < 4.78 is 5.76. The number of fused-ring (bicyclic) bond motifs is 1. The highest BCUT2D eigenvalue weighted by molar-refractivity contribution is 6.46. The summed E-state index contributed by atoms with van der Waals surface area (Å²) in [7, 11) is 7.75. The van der Waals surface area contributed by atoms with E-state index < -0.39 is 17.7 Å². The van der Waals surface area contributed by atoms with Gasteiger partial charge in [0, 0.05) is 44.9 Å². The van der Waals surface area contributed by atoms with Crippen molar-refractivity contribution >= 4 is 23.1 Å². The topological polar surface area (TPSA) is 73.3 Å². The van der Waals surface area contributed by atoms with Crippen molar-refractivity contribution in [3.8, 4) is 5.75 Å². The molecular formula is C26H31N3O4. The van der Waals surface area contributed by atoms with E-state index in [1.165, 1.54) is 0 Å². The van der Waals surface area contributed by atoms with E-state index in [2.05, 4.69) is 0 Å². The minimum Gasteiger partial charge on any atom is -0.507 e. The largest absolute Gasteiger partial charge is 0.507 e. The molecule has 7 nitrogen and oxygen atoms in total. The Balaban J connectivity index is 1.80. The number of hydrogen-bond acceptors (Lipinski definition) is 6. The number of Topliss-reactive ketones (excluding diaryl/α,β-unsaturated/α-hetero) is 1. The molecule has 1 N–H and O–H groups in total. The third kappa shape index (κ3) is 4.33. The zero-order valence-corrected chi connectivity index (χ0v) is 19.8. The molecule has 1 saturated heterocycles. The van der Waals surface area contributed by atoms with Crippen molar-refractivity contribution in [1.29, 1.82) is 0 Å². The van der Waals surface area contributed by atoms with E-state index in [9.17, 15) is 14.7 Å². The number of carbonyl (C=O) groups is 2. The first-order valence-corrected chi connectivity index (χ1v) is 11.2. The van der Waals surface area contributed by atoms with Crippen molar-refractivity contribution in [1.82, 2.24) is 9.80 Å². The van der Waals surface area contributed by atoms with Crippen LogP contribution in [0.5, 0.6) is 5.75 Å². The maximum Gasteiger partial charge on any atom is 0.295 e. The Bertz CT molecular complexity index is 1110. The maximum absolute atomic E-state index is 13.2. The van der Waals surface area contributed by atoms with Crippen LogP contribution in [0.3, 0.4) is 0 Å². The highest BCUT2D eigenvalue weighted by Crippen LogP contribution is 2.40. The molecule has 0 spiro atoms. The molecule has 1 amide bonds. The summed E-state index contributed by atoms with van der Waals surface area (Å²) >= 11 is 0. The zero-order chi connectivity index (χ0) is 23.9. The second-order valence-electron chi connectivity index (χ2n) is 9.24. The SMILES string of the molecule is C[C@@H]1Cc2cc(C(O)=C3C(=O)C(=O)N(CCN(C)C)[C@@H]3c3ccc(N(C)C)cc3)ccc2O1. The van der Waals surface area contributed by atoms with E-state index in [4.69, 9.17) is 4.74 Å². The second kappa shape index (κ2) is 8.90. The Labute approximate surface area is 194 Å². The van der Waals surface area contributed by atoms with Gasteiger partial charge in [-0.15, -0.1) is 0 Å². The number of nitrogens with zero attached hydrogens (tertiary/aromatic N) is 3. The molecule has 2 heterocycles. The summed E-state index contributed by atoms with van der Waals surface area (Å²) in [6.45, 7) is 2.98. The first kappa shape index (κ1) is 22.9. The van der Waals surface area contributed by atoms with E-state index in [0.29, 0.717) is 18.7 Å². The van der Waals surface area contributed by atoms with Gasteiger partial charge in [-0.25, -0.2) is 0 Å². The molecule has 0 aliphatic carbocycles. The molecule has 7 heteroatoms. The average molecular weight is 450 g/mol. The van der Waals surface area contributed by atoms with Gasteiger partial charge < -0.3 is 24.5 Å². The first-order valence-electron chi connectivity index (χ1n) is 11.2. The summed E-state index contributed by atoms with van der Waals surface area (Å²) in [4.78, 5) is 31.7. The molecule has 174 valence electrons. The van der Waals surface area contributed by atoms with Gasteiger partial charge in [0.1, 0.15) is 17.6 Å². The van der Waals surface area contributed by atoms with Crippen molar-refractivity contribution < 1.29 is 19.4 Å². The quantitative estimate of drug-likeness (QED) is 0.415. The number of rotatable bonds is 6. The number of likely N-dealkylation sites (N-methyl/N-ethyl adjacent to an activating group) is 1. The van der Waals surface area contributed by atoms with Crippen molar-refractivity contribution in [3.05, 3.63) is 64.7 Å². The van der Waals surface area contributed by atoms with Gasteiger partial charge in [0.15, 0.2) is 0 Å². The maximum atomic E-state index is 13.2. The van der Waals surface area contributed by atoms with E-state index in [1.807, 2.05) is 81.3 Å². The lowest BCUT2D eigenvalue weighted by Crippen LogP contribution is -2.35. The van der Waals surface area contributed by atoms with E-state index in [0.717, 1.165) is 29.0 Å². The highest BCUT2D eigenvalue weighted by atomic mass is 16.5. The molecule has 2 aliphatic heterocycles. The number of aliphatic hydroxyl groups excluding tert-OH is 1. The number of likely N-dealkylation sites (tertiary alicyclic amines) is 1. The molecule has 0 unspecified atom stereocenters. The molecule has 0 radical (unpaired) electrons. The minimum absolute atomic E-state index is 0.0734. The normalized spacial score (nSPS) is 21.5. The van der Waals surface area contributed by atoms with Crippen LogP contribution in [0, 0.1) is 0 Å². The molecule has 4 rings (SSSR count). The Morgan fingerprint density at radius 2 is 1.79 bits per heavy atom. The Morgan fingerprint density at radius 1 is 1.09 bits per heavy atom. The van der Waals surface area contributed by atoms with Crippen molar-refractivity contribution in [3.63, 3.8) is 0 Å². The smallest absolute Gasteiger partial charge is 0.295 e. The Kier molecular flexibility index (Phi) is 6.17. The number of benzene rings is 2. The molecule has 2 aromatic rings. The predicted octanol–water partition coefficient (Wildman–Crippen LogP) is 3.06. The summed E-state index contributed by atoms with van der Waals surface area (Å²) in [5.74, 6) is -0.595. The van der Waals surface area contributed by atoms with Crippen molar-refractivity contribution in [2.24, 2.45) is 0 Å². The Morgan fingerprint density at radius 3 is 2.42 bits per heavy atom. The number of ketones is 1. The average Bonchev–Trinajstić information content (AvgIpc) is 3.27. The van der Waals surface area contributed by atoms with Crippen LogP contribution in [0.1, 0.15) is 29.7 Å². The lowest BCUT2D eigenvalue weighted by Gasteiger charge is -2.27. The van der Waals surface area contributed by atoms with Crippen molar-refractivity contribution in [2.75, 3.05) is 46.2 Å². The third-order valence-corrected chi connectivity index (χ3v) is 6.22. The molecule has 33 heavy (non-hydrogen) atoms. The van der Waals surface area contributed by atoms with Crippen LogP contribution in [0.4, 0.5) is 5.69 Å². The molecular weight excluding hydrogens is 418 g/mol. The number of aliphatic hydroxyl groups is 1. The third-order valence-electron chi connectivity index (χ3n) is 6.22. The van der Waals surface area contributed by atoms with Gasteiger partial charge in [0.05, 0.1) is 11.6 Å². The molecule has 0 aromatic heterocycles. The summed E-state index contributed by atoms with van der Waals surface area (Å²) in [5, 5.41) is 11.3. The fourth-order valence-corrected chi connectivity index (χ4v) is 4.44. The van der Waals surface area contributed by atoms with Gasteiger partial charge >= 0.3 is 0 Å². The second-order valence-corrected chi connectivity index (χ2v) is 9.24. The van der Waals surface area contributed by atoms with Crippen LogP contribution in [0.25, 0.3) is 5.76 Å². The van der Waals surface area contributed by atoms with Gasteiger partial charge in [-0.3, -0.25) is 9.59 Å². The summed E-state index contributed by atoms with van der Waals surface area (Å²) in [5.41, 5.74) is 3.44. The summed E-state index contributed by atoms with van der Waals surface area (Å²) in [6, 6.07) is 12.5. The molecule has 0 bridgehead atoms. The molecule has 1 fully saturated rings. The molecule has 2 aromatic carbocycles. The van der Waals surface area contributed by atoms with Crippen LogP contribution < -0.4 is 9.64 Å². The van der Waals surface area contributed by atoms with Gasteiger partial charge in [0.25, 0.3) is 11.7 Å². The van der Waals surface area contributed by atoms with Gasteiger partial charge in [-0.2, -0.15) is 0 Å². The van der Waals surface area contributed by atoms with Gasteiger partial charge in [-0.1, -0.05) is 12.1 Å². The van der Waals surface area contributed by atoms with Crippen LogP contribution in [-0.4, -0.2) is 74.0 Å². The van der Waals surface area contributed by atoms with Crippen molar-refractivity contribution in [2.45, 2.75) is 25.5 Å². The summed E-state index contributed by atoms with van der Waals surface area (Å²) in [6.07, 6.45) is 0.812. The predicted molar refractivity (Wildman–Crippen MR) is 129 cm³/mol. The molecule has 0 saturated carbocycles. The van der Waals surface area contributed by atoms with Gasteiger partial charge in [0.2, 0.25) is 0 Å². The Hall–Kier alpha value is -3.32. The number of amides is 1. The molecule has 2 aliphatic rings. The van der Waals surface area contributed by atoms with Crippen LogP contribution >= 0.6 is 0 Å². The number of carbonyl (C=O) groups excluding carboxylic acids is 2. The van der Waals surface area contributed by atoms with E-state index in [-0.39, 0.29) is 17.4 Å². The molecule has 2 atom stereocenters. The fourth-order valence-electron chi connectivity index (χ4n) is 4.44. The zero-order valence-electron chi connectivity index (χ0n) is 19.8. The van der Waals surface area contributed by atoms with Crippen LogP contribution in [0.15, 0.2) is 48.0 Å². The lowest BCUT2D eigenvalue weighted by molar-refractivity contribution is -0.140.